The summed E-state index contributed by atoms with van der Waals surface area (Å²) in [6.45, 7) is 2.46. The monoisotopic (exact) mass is 208 g/mol. The van der Waals surface area contributed by atoms with E-state index in [-0.39, 0.29) is 0 Å². The molecule has 0 spiro atoms. The zero-order valence-electron chi connectivity index (χ0n) is 10.6. The zero-order chi connectivity index (χ0) is 10.6. The Morgan fingerprint density at radius 2 is 1.33 bits per heavy atom. The van der Waals surface area contributed by atoms with E-state index in [0.717, 1.165) is 11.3 Å². The van der Waals surface area contributed by atoms with E-state index >= 15 is 0 Å². The molecule has 0 aromatic carbocycles. The molecule has 0 bridgehead atoms. The largest absolute Gasteiger partial charge is 0.0648 e. The van der Waals surface area contributed by atoms with Crippen molar-refractivity contribution in [3.8, 4) is 0 Å². The van der Waals surface area contributed by atoms with Gasteiger partial charge >= 0.3 is 0 Å². The molecule has 2 rings (SSSR count). The predicted octanol–water partition coefficient (Wildman–Crippen LogP) is 5.32. The highest BCUT2D eigenvalue weighted by molar-refractivity contribution is 4.88. The van der Waals surface area contributed by atoms with Crippen LogP contribution in [0.4, 0.5) is 0 Å². The first kappa shape index (κ1) is 11.5. The average Bonchev–Trinajstić information content (AvgIpc) is 2.56. The van der Waals surface area contributed by atoms with Crippen LogP contribution in [0.2, 0.25) is 0 Å². The highest BCUT2D eigenvalue weighted by Gasteiger charge is 2.37. The third kappa shape index (κ3) is 2.57. The molecule has 2 saturated carbocycles. The van der Waals surface area contributed by atoms with Crippen LogP contribution >= 0.6 is 0 Å². The van der Waals surface area contributed by atoms with E-state index < -0.39 is 0 Å². The topological polar surface area (TPSA) is 0 Å². The molecule has 0 atom stereocenters. The Bertz CT molecular complexity index is 168. The Morgan fingerprint density at radius 3 is 1.87 bits per heavy atom. The van der Waals surface area contributed by atoms with Gasteiger partial charge in [-0.2, -0.15) is 0 Å². The van der Waals surface area contributed by atoms with Gasteiger partial charge in [0.05, 0.1) is 0 Å². The minimum absolute atomic E-state index is 0.775. The van der Waals surface area contributed by atoms with Crippen LogP contribution in [0.25, 0.3) is 0 Å². The van der Waals surface area contributed by atoms with Crippen LogP contribution in [0.15, 0.2) is 0 Å². The van der Waals surface area contributed by atoms with Gasteiger partial charge in [0.2, 0.25) is 0 Å². The van der Waals surface area contributed by atoms with E-state index in [9.17, 15) is 0 Å². The molecule has 0 unspecified atom stereocenters. The molecule has 15 heavy (non-hydrogen) atoms. The Labute approximate surface area is 95.8 Å². The van der Waals surface area contributed by atoms with Crippen LogP contribution < -0.4 is 0 Å². The smallest absolute Gasteiger partial charge is 0.0272 e. The lowest BCUT2D eigenvalue weighted by molar-refractivity contribution is 0.0893. The van der Waals surface area contributed by atoms with Crippen LogP contribution in [0, 0.1) is 11.3 Å². The highest BCUT2D eigenvalue weighted by atomic mass is 14.4. The van der Waals surface area contributed by atoms with Crippen molar-refractivity contribution >= 4 is 0 Å². The Balaban J connectivity index is 2.03. The van der Waals surface area contributed by atoms with Gasteiger partial charge < -0.3 is 0 Å². The fraction of sp³-hybridized carbons (Fsp3) is 1.00. The zero-order valence-corrected chi connectivity index (χ0v) is 10.6. The number of hydrogen-bond donors (Lipinski definition) is 0. The molecule has 0 aromatic rings. The van der Waals surface area contributed by atoms with Gasteiger partial charge in [0.1, 0.15) is 0 Å². The molecule has 0 radical (unpaired) electrons. The van der Waals surface area contributed by atoms with Gasteiger partial charge in [0, 0.05) is 0 Å². The highest BCUT2D eigenvalue weighted by Crippen LogP contribution is 2.49. The fourth-order valence-corrected chi connectivity index (χ4v) is 4.20. The van der Waals surface area contributed by atoms with Crippen molar-refractivity contribution in [2.24, 2.45) is 11.3 Å². The summed E-state index contributed by atoms with van der Waals surface area (Å²) in [5.74, 6) is 1.09. The summed E-state index contributed by atoms with van der Waals surface area (Å²) in [4.78, 5) is 0. The Hall–Kier alpha value is 0. The van der Waals surface area contributed by atoms with Crippen molar-refractivity contribution in [1.82, 2.24) is 0 Å². The standard InChI is InChI=1S/C15H28/c1-2-15(12-8-3-4-9-13-15)14-10-6-5-7-11-14/h14H,2-13H2,1H3. The second-order valence-electron chi connectivity index (χ2n) is 5.97. The molecule has 0 saturated heterocycles. The third-order valence-electron chi connectivity index (χ3n) is 5.27. The summed E-state index contributed by atoms with van der Waals surface area (Å²) in [7, 11) is 0. The molecule has 0 heteroatoms. The lowest BCUT2D eigenvalue weighted by Gasteiger charge is -2.42. The maximum atomic E-state index is 2.46. The van der Waals surface area contributed by atoms with Gasteiger partial charge in [-0.05, 0) is 37.0 Å². The molecule has 0 amide bonds. The van der Waals surface area contributed by atoms with E-state index in [1.165, 1.54) is 51.4 Å². The molecular weight excluding hydrogens is 180 g/mol. The van der Waals surface area contributed by atoms with E-state index in [1.54, 1.807) is 25.7 Å². The second-order valence-corrected chi connectivity index (χ2v) is 5.97. The molecule has 0 aromatic heterocycles. The summed E-state index contributed by atoms with van der Waals surface area (Å²) < 4.78 is 0. The van der Waals surface area contributed by atoms with Crippen molar-refractivity contribution in [2.75, 3.05) is 0 Å². The number of hydrogen-bond acceptors (Lipinski definition) is 0. The van der Waals surface area contributed by atoms with Gasteiger partial charge in [-0.25, -0.2) is 0 Å². The van der Waals surface area contributed by atoms with Crippen molar-refractivity contribution in [3.63, 3.8) is 0 Å². The first-order valence-electron chi connectivity index (χ1n) is 7.37. The van der Waals surface area contributed by atoms with E-state index in [1.807, 2.05) is 0 Å². The average molecular weight is 208 g/mol. The maximum absolute atomic E-state index is 2.46. The number of rotatable bonds is 2. The summed E-state index contributed by atoms with van der Waals surface area (Å²) in [5.41, 5.74) is 0.775. The minimum Gasteiger partial charge on any atom is -0.0648 e. The first-order valence-corrected chi connectivity index (χ1v) is 7.37. The van der Waals surface area contributed by atoms with Gasteiger partial charge in [-0.15, -0.1) is 0 Å². The van der Waals surface area contributed by atoms with Crippen molar-refractivity contribution in [2.45, 2.75) is 84.0 Å². The third-order valence-corrected chi connectivity index (χ3v) is 5.27. The molecular formula is C15H28. The van der Waals surface area contributed by atoms with Crippen LogP contribution in [0.3, 0.4) is 0 Å². The van der Waals surface area contributed by atoms with Gasteiger partial charge in [-0.1, -0.05) is 58.3 Å². The molecule has 0 N–H and O–H groups in total. The van der Waals surface area contributed by atoms with Crippen LogP contribution in [-0.2, 0) is 0 Å². The summed E-state index contributed by atoms with van der Waals surface area (Å²) >= 11 is 0. The SMILES string of the molecule is CCC1(C2CCCCC2)CCCCCC1. The van der Waals surface area contributed by atoms with Crippen LogP contribution in [0.1, 0.15) is 84.0 Å². The summed E-state index contributed by atoms with van der Waals surface area (Å²) in [6.07, 6.45) is 18.3. The molecule has 0 heterocycles. The van der Waals surface area contributed by atoms with Crippen LogP contribution in [0.5, 0.6) is 0 Å². The molecule has 88 valence electrons. The summed E-state index contributed by atoms with van der Waals surface area (Å²) in [6, 6.07) is 0. The first-order chi connectivity index (χ1) is 7.37. The second kappa shape index (κ2) is 5.37. The fourth-order valence-electron chi connectivity index (χ4n) is 4.20. The van der Waals surface area contributed by atoms with E-state index in [2.05, 4.69) is 6.92 Å². The lowest BCUT2D eigenvalue weighted by Crippen LogP contribution is -2.31. The molecule has 2 aliphatic rings. The Kier molecular flexibility index (Phi) is 4.11. The lowest BCUT2D eigenvalue weighted by atomic mass is 9.63. The summed E-state index contributed by atoms with van der Waals surface area (Å²) in [5, 5.41) is 0. The van der Waals surface area contributed by atoms with Gasteiger partial charge in [-0.3, -0.25) is 0 Å². The molecule has 2 aliphatic carbocycles. The maximum Gasteiger partial charge on any atom is -0.0272 e. The molecule has 0 aliphatic heterocycles. The minimum atomic E-state index is 0.775. The Morgan fingerprint density at radius 1 is 0.800 bits per heavy atom. The quantitative estimate of drug-likeness (QED) is 0.539. The normalized spacial score (nSPS) is 28.6. The van der Waals surface area contributed by atoms with E-state index in [0.29, 0.717) is 0 Å². The van der Waals surface area contributed by atoms with Crippen molar-refractivity contribution in [3.05, 3.63) is 0 Å². The van der Waals surface area contributed by atoms with Gasteiger partial charge in [0.15, 0.2) is 0 Å². The predicted molar refractivity (Wildman–Crippen MR) is 67.0 cm³/mol. The van der Waals surface area contributed by atoms with Gasteiger partial charge in [0.25, 0.3) is 0 Å². The van der Waals surface area contributed by atoms with Crippen LogP contribution in [-0.4, -0.2) is 0 Å². The van der Waals surface area contributed by atoms with E-state index in [4.69, 9.17) is 0 Å². The van der Waals surface area contributed by atoms with Crippen molar-refractivity contribution < 1.29 is 0 Å². The van der Waals surface area contributed by atoms with Crippen molar-refractivity contribution in [1.29, 1.82) is 0 Å². The molecule has 2 fully saturated rings. The molecule has 0 nitrogen and oxygen atoms in total.